The molecule has 0 N–H and O–H groups in total. The van der Waals surface area contributed by atoms with Crippen LogP contribution in [0.4, 0.5) is 0 Å². The number of carbonyl (C=O) groups excluding carboxylic acids is 2. The largest absolute Gasteiger partial charge is 0.281 e. The summed E-state index contributed by atoms with van der Waals surface area (Å²) < 4.78 is 0. The fourth-order valence-electron chi connectivity index (χ4n) is 1.42. The van der Waals surface area contributed by atoms with Crippen molar-refractivity contribution in [3.05, 3.63) is 35.9 Å². The molecule has 0 radical (unpaired) electrons. The molecule has 2 nitrogen and oxygen atoms in total. The standard InChI is InChI=1S/C11H10Cl2O2/c12-10(14)6-9(7-11(13)15)8-4-2-1-3-5-8/h1-5,9H,6-7H2. The van der Waals surface area contributed by atoms with Crippen molar-refractivity contribution in [2.24, 2.45) is 0 Å². The second-order valence-corrected chi connectivity index (χ2v) is 4.07. The van der Waals surface area contributed by atoms with Gasteiger partial charge in [-0.2, -0.15) is 0 Å². The van der Waals surface area contributed by atoms with Crippen LogP contribution in [0.15, 0.2) is 30.3 Å². The van der Waals surface area contributed by atoms with Gasteiger partial charge in [0.1, 0.15) is 0 Å². The molecule has 0 unspecified atom stereocenters. The first-order chi connectivity index (χ1) is 7.09. The van der Waals surface area contributed by atoms with Crippen LogP contribution in [0.3, 0.4) is 0 Å². The Hall–Kier alpha value is -0.860. The van der Waals surface area contributed by atoms with Gasteiger partial charge in [0.25, 0.3) is 0 Å². The molecule has 0 bridgehead atoms. The SMILES string of the molecule is O=C(Cl)CC(CC(=O)Cl)c1ccccc1. The van der Waals surface area contributed by atoms with Gasteiger partial charge in [0.2, 0.25) is 10.5 Å². The highest BCUT2D eigenvalue weighted by molar-refractivity contribution is 6.64. The molecule has 0 heterocycles. The lowest BCUT2D eigenvalue weighted by atomic mass is 9.94. The molecule has 0 aromatic heterocycles. The van der Waals surface area contributed by atoms with Crippen LogP contribution < -0.4 is 0 Å². The van der Waals surface area contributed by atoms with E-state index in [9.17, 15) is 9.59 Å². The Kier molecular flexibility index (Phi) is 4.79. The first-order valence-corrected chi connectivity index (χ1v) is 5.27. The van der Waals surface area contributed by atoms with Gasteiger partial charge in [0.15, 0.2) is 0 Å². The highest BCUT2D eigenvalue weighted by Gasteiger charge is 2.17. The Morgan fingerprint density at radius 2 is 1.47 bits per heavy atom. The molecule has 0 aliphatic rings. The third kappa shape index (κ3) is 4.45. The minimum atomic E-state index is -0.457. The number of rotatable bonds is 5. The van der Waals surface area contributed by atoms with Gasteiger partial charge in [-0.05, 0) is 28.8 Å². The normalized spacial score (nSPS) is 10.3. The van der Waals surface area contributed by atoms with E-state index in [2.05, 4.69) is 0 Å². The molecule has 0 saturated heterocycles. The van der Waals surface area contributed by atoms with Crippen LogP contribution in [0.25, 0.3) is 0 Å². The Bertz CT molecular complexity index is 333. The van der Waals surface area contributed by atoms with Crippen molar-refractivity contribution in [2.45, 2.75) is 18.8 Å². The van der Waals surface area contributed by atoms with Gasteiger partial charge >= 0.3 is 0 Å². The van der Waals surface area contributed by atoms with Gasteiger partial charge in [-0.3, -0.25) is 9.59 Å². The molecule has 0 atom stereocenters. The molecule has 0 amide bonds. The van der Waals surface area contributed by atoms with Gasteiger partial charge < -0.3 is 0 Å². The van der Waals surface area contributed by atoms with E-state index in [1.807, 2.05) is 30.3 Å². The summed E-state index contributed by atoms with van der Waals surface area (Å²) >= 11 is 10.6. The molecule has 0 aliphatic heterocycles. The predicted molar refractivity (Wildman–Crippen MR) is 60.1 cm³/mol. The van der Waals surface area contributed by atoms with Gasteiger partial charge in [-0.1, -0.05) is 30.3 Å². The first-order valence-electron chi connectivity index (χ1n) is 4.51. The van der Waals surface area contributed by atoms with Crippen molar-refractivity contribution in [3.63, 3.8) is 0 Å². The van der Waals surface area contributed by atoms with E-state index in [-0.39, 0.29) is 18.8 Å². The van der Waals surface area contributed by atoms with E-state index >= 15 is 0 Å². The summed E-state index contributed by atoms with van der Waals surface area (Å²) in [6.45, 7) is 0. The fourth-order valence-corrected chi connectivity index (χ4v) is 1.79. The molecule has 0 aliphatic carbocycles. The monoisotopic (exact) mass is 244 g/mol. The number of hydrogen-bond donors (Lipinski definition) is 0. The lowest BCUT2D eigenvalue weighted by molar-refractivity contribution is -0.113. The molecule has 1 rings (SSSR count). The third-order valence-corrected chi connectivity index (χ3v) is 2.39. The number of hydrogen-bond acceptors (Lipinski definition) is 2. The van der Waals surface area contributed by atoms with Crippen LogP contribution in [0.2, 0.25) is 0 Å². The van der Waals surface area contributed by atoms with Crippen LogP contribution in [0.5, 0.6) is 0 Å². The van der Waals surface area contributed by atoms with Crippen molar-refractivity contribution >= 4 is 33.7 Å². The molecule has 0 spiro atoms. The van der Waals surface area contributed by atoms with Gasteiger partial charge in [-0.15, -0.1) is 0 Å². The van der Waals surface area contributed by atoms with E-state index in [0.717, 1.165) is 5.56 Å². The topological polar surface area (TPSA) is 34.1 Å². The third-order valence-electron chi connectivity index (χ3n) is 2.08. The average Bonchev–Trinajstić information content (AvgIpc) is 2.17. The Morgan fingerprint density at radius 3 is 1.87 bits per heavy atom. The van der Waals surface area contributed by atoms with Crippen LogP contribution >= 0.6 is 23.2 Å². The van der Waals surface area contributed by atoms with Gasteiger partial charge in [0, 0.05) is 18.8 Å². The Balaban J connectivity index is 2.81. The quantitative estimate of drug-likeness (QED) is 0.747. The second-order valence-electron chi connectivity index (χ2n) is 3.23. The molecule has 1 aromatic carbocycles. The van der Waals surface area contributed by atoms with Gasteiger partial charge in [-0.25, -0.2) is 0 Å². The van der Waals surface area contributed by atoms with Crippen LogP contribution in [-0.2, 0) is 9.59 Å². The summed E-state index contributed by atoms with van der Waals surface area (Å²) in [4.78, 5) is 21.6. The average molecular weight is 245 g/mol. The van der Waals surface area contributed by atoms with Gasteiger partial charge in [0.05, 0.1) is 0 Å². The summed E-state index contributed by atoms with van der Waals surface area (Å²) in [5.74, 6) is -0.221. The summed E-state index contributed by atoms with van der Waals surface area (Å²) in [5, 5.41) is -0.913. The fraction of sp³-hybridized carbons (Fsp3) is 0.273. The molecule has 1 aromatic rings. The summed E-state index contributed by atoms with van der Waals surface area (Å²) in [7, 11) is 0. The zero-order valence-electron chi connectivity index (χ0n) is 7.95. The number of halogens is 2. The minimum absolute atomic E-state index is 0.129. The van der Waals surface area contributed by atoms with Crippen molar-refractivity contribution in [2.75, 3.05) is 0 Å². The molecule has 80 valence electrons. The smallest absolute Gasteiger partial charge is 0.222 e. The van der Waals surface area contributed by atoms with Crippen molar-refractivity contribution < 1.29 is 9.59 Å². The summed E-state index contributed by atoms with van der Waals surface area (Å²) in [6.07, 6.45) is 0.258. The lowest BCUT2D eigenvalue weighted by Gasteiger charge is -2.12. The highest BCUT2D eigenvalue weighted by Crippen LogP contribution is 2.25. The molecule has 15 heavy (non-hydrogen) atoms. The molecule has 0 fully saturated rings. The predicted octanol–water partition coefficient (Wildman–Crippen LogP) is 3.08. The van der Waals surface area contributed by atoms with E-state index in [1.165, 1.54) is 0 Å². The van der Waals surface area contributed by atoms with Crippen molar-refractivity contribution in [1.82, 2.24) is 0 Å². The van der Waals surface area contributed by atoms with Crippen molar-refractivity contribution in [3.8, 4) is 0 Å². The van der Waals surface area contributed by atoms with Crippen molar-refractivity contribution in [1.29, 1.82) is 0 Å². The Morgan fingerprint density at radius 1 is 1.00 bits per heavy atom. The minimum Gasteiger partial charge on any atom is -0.281 e. The lowest BCUT2D eigenvalue weighted by Crippen LogP contribution is -2.06. The first kappa shape index (κ1) is 12.2. The summed E-state index contributed by atoms with van der Waals surface area (Å²) in [5.41, 5.74) is 0.903. The molecular weight excluding hydrogens is 235 g/mol. The van der Waals surface area contributed by atoms with Crippen LogP contribution in [-0.4, -0.2) is 10.5 Å². The maximum absolute atomic E-state index is 10.8. The molecule has 0 saturated carbocycles. The van der Waals surface area contributed by atoms with E-state index in [0.29, 0.717) is 0 Å². The Labute approximate surface area is 98.2 Å². The van der Waals surface area contributed by atoms with E-state index in [1.54, 1.807) is 0 Å². The maximum Gasteiger partial charge on any atom is 0.222 e. The molecular formula is C11H10Cl2O2. The van der Waals surface area contributed by atoms with Crippen LogP contribution in [0, 0.1) is 0 Å². The van der Waals surface area contributed by atoms with E-state index < -0.39 is 10.5 Å². The summed E-state index contributed by atoms with van der Waals surface area (Å²) in [6, 6.07) is 9.26. The number of benzene rings is 1. The zero-order chi connectivity index (χ0) is 11.3. The van der Waals surface area contributed by atoms with E-state index in [4.69, 9.17) is 23.2 Å². The van der Waals surface area contributed by atoms with Crippen LogP contribution in [0.1, 0.15) is 24.3 Å². The molecule has 4 heteroatoms. The zero-order valence-corrected chi connectivity index (χ0v) is 9.46. The second kappa shape index (κ2) is 5.89. The maximum atomic E-state index is 10.8. The number of carbonyl (C=O) groups is 2. The highest BCUT2D eigenvalue weighted by atomic mass is 35.5.